The van der Waals surface area contributed by atoms with E-state index in [0.29, 0.717) is 19.5 Å². The van der Waals surface area contributed by atoms with Crippen molar-refractivity contribution in [2.45, 2.75) is 37.7 Å². The lowest BCUT2D eigenvalue weighted by molar-refractivity contribution is 0.275. The molecule has 1 rings (SSSR count). The van der Waals surface area contributed by atoms with Crippen molar-refractivity contribution in [1.29, 1.82) is 0 Å². The lowest BCUT2D eigenvalue weighted by Gasteiger charge is -2.20. The number of rotatable bonds is 9. The number of hydrogen-bond acceptors (Lipinski definition) is 6. The van der Waals surface area contributed by atoms with Crippen molar-refractivity contribution in [3.8, 4) is 0 Å². The van der Waals surface area contributed by atoms with E-state index in [1.807, 2.05) is 19.4 Å². The molecule has 1 aromatic heterocycles. The summed E-state index contributed by atoms with van der Waals surface area (Å²) in [6.07, 6.45) is 4.55. The van der Waals surface area contributed by atoms with Gasteiger partial charge in [-0.05, 0) is 19.6 Å². The fourth-order valence-corrected chi connectivity index (χ4v) is 2.25. The Morgan fingerprint density at radius 1 is 1.50 bits per heavy atom. The number of aliphatic hydroxyl groups excluding tert-OH is 2. The van der Waals surface area contributed by atoms with Crippen molar-refractivity contribution in [2.75, 3.05) is 19.5 Å². The first-order valence-electron chi connectivity index (χ1n) is 6.08. The molecule has 0 saturated carbocycles. The van der Waals surface area contributed by atoms with Gasteiger partial charge in [-0.25, -0.2) is 0 Å². The molecule has 0 aliphatic heterocycles. The molecule has 2 unspecified atom stereocenters. The maximum Gasteiger partial charge on any atom is 0.0964 e. The summed E-state index contributed by atoms with van der Waals surface area (Å²) in [7, 11) is 0. The standard InChI is InChI=1S/C11H22N4O2S/c1-9(11(8-17)18-2)12-6-10-7-15(14-13-10)4-3-5-16/h7,9,11-12,16-17H,3-6,8H2,1-2H3. The number of aliphatic hydroxyl groups is 2. The average Bonchev–Trinajstić information content (AvgIpc) is 2.83. The van der Waals surface area contributed by atoms with Gasteiger partial charge in [0.2, 0.25) is 0 Å². The van der Waals surface area contributed by atoms with Gasteiger partial charge in [-0.15, -0.1) is 5.10 Å². The molecule has 2 atom stereocenters. The van der Waals surface area contributed by atoms with E-state index in [1.165, 1.54) is 0 Å². The van der Waals surface area contributed by atoms with Gasteiger partial charge in [0.25, 0.3) is 0 Å². The molecule has 104 valence electrons. The van der Waals surface area contributed by atoms with Crippen molar-refractivity contribution in [1.82, 2.24) is 20.3 Å². The molecule has 0 saturated heterocycles. The third-order valence-corrected chi connectivity index (χ3v) is 3.94. The molecule has 0 aliphatic carbocycles. The van der Waals surface area contributed by atoms with Crippen LogP contribution in [0.5, 0.6) is 0 Å². The van der Waals surface area contributed by atoms with E-state index >= 15 is 0 Å². The van der Waals surface area contributed by atoms with Gasteiger partial charge in [0.05, 0.1) is 12.3 Å². The van der Waals surface area contributed by atoms with Crippen molar-refractivity contribution < 1.29 is 10.2 Å². The molecular weight excluding hydrogens is 252 g/mol. The molecule has 0 fully saturated rings. The maximum atomic E-state index is 9.18. The van der Waals surface area contributed by atoms with Crippen LogP contribution in [0.2, 0.25) is 0 Å². The first-order chi connectivity index (χ1) is 8.71. The van der Waals surface area contributed by atoms with Crippen LogP contribution in [0.4, 0.5) is 0 Å². The van der Waals surface area contributed by atoms with Crippen molar-refractivity contribution >= 4 is 11.8 Å². The summed E-state index contributed by atoms with van der Waals surface area (Å²) in [6, 6.07) is 0.215. The van der Waals surface area contributed by atoms with E-state index in [0.717, 1.165) is 5.69 Å². The Labute approximate surface area is 112 Å². The highest BCUT2D eigenvalue weighted by Crippen LogP contribution is 2.10. The highest BCUT2D eigenvalue weighted by Gasteiger charge is 2.14. The van der Waals surface area contributed by atoms with Crippen LogP contribution >= 0.6 is 11.8 Å². The molecule has 0 spiro atoms. The first-order valence-corrected chi connectivity index (χ1v) is 7.37. The van der Waals surface area contributed by atoms with Crippen LogP contribution < -0.4 is 5.32 Å². The molecule has 0 aromatic carbocycles. The van der Waals surface area contributed by atoms with Crippen molar-refractivity contribution in [3.63, 3.8) is 0 Å². The van der Waals surface area contributed by atoms with Crippen molar-refractivity contribution in [3.05, 3.63) is 11.9 Å². The number of nitrogens with one attached hydrogen (secondary N) is 1. The van der Waals surface area contributed by atoms with Crippen molar-refractivity contribution in [2.24, 2.45) is 0 Å². The van der Waals surface area contributed by atoms with Crippen LogP contribution in [-0.4, -0.2) is 56.0 Å². The van der Waals surface area contributed by atoms with Gasteiger partial charge in [0.1, 0.15) is 0 Å². The van der Waals surface area contributed by atoms with Crippen LogP contribution in [0.15, 0.2) is 6.20 Å². The minimum absolute atomic E-state index is 0.163. The first kappa shape index (κ1) is 15.4. The zero-order valence-corrected chi connectivity index (χ0v) is 11.7. The Hall–Kier alpha value is -0.630. The summed E-state index contributed by atoms with van der Waals surface area (Å²) in [5, 5.41) is 29.4. The highest BCUT2D eigenvalue weighted by molar-refractivity contribution is 7.99. The quantitative estimate of drug-likeness (QED) is 0.581. The molecule has 1 aromatic rings. The van der Waals surface area contributed by atoms with Gasteiger partial charge in [-0.3, -0.25) is 4.68 Å². The number of aryl methyl sites for hydroxylation is 1. The number of hydrogen-bond donors (Lipinski definition) is 3. The SMILES string of the molecule is CSC(CO)C(C)NCc1cn(CCCO)nn1. The highest BCUT2D eigenvalue weighted by atomic mass is 32.2. The molecule has 1 heterocycles. The molecule has 0 bridgehead atoms. The predicted molar refractivity (Wildman–Crippen MR) is 72.4 cm³/mol. The van der Waals surface area contributed by atoms with E-state index in [4.69, 9.17) is 5.11 Å². The predicted octanol–water partition coefficient (Wildman–Crippen LogP) is -0.138. The lowest BCUT2D eigenvalue weighted by Crippen LogP contribution is -2.37. The minimum Gasteiger partial charge on any atom is -0.396 e. The van der Waals surface area contributed by atoms with E-state index in [9.17, 15) is 5.11 Å². The Morgan fingerprint density at radius 2 is 2.28 bits per heavy atom. The normalized spacial score (nSPS) is 14.7. The fourth-order valence-electron chi connectivity index (χ4n) is 1.60. The largest absolute Gasteiger partial charge is 0.396 e. The second-order valence-corrected chi connectivity index (χ2v) is 5.25. The van der Waals surface area contributed by atoms with E-state index in [-0.39, 0.29) is 24.5 Å². The smallest absolute Gasteiger partial charge is 0.0964 e. The molecule has 0 radical (unpaired) electrons. The van der Waals surface area contributed by atoms with Crippen LogP contribution in [0.1, 0.15) is 19.0 Å². The minimum atomic E-state index is 0.163. The second kappa shape index (κ2) is 8.47. The molecule has 6 nitrogen and oxygen atoms in total. The van der Waals surface area contributed by atoms with Gasteiger partial charge in [-0.2, -0.15) is 11.8 Å². The summed E-state index contributed by atoms with van der Waals surface area (Å²) in [6.45, 7) is 3.70. The second-order valence-electron chi connectivity index (χ2n) is 4.18. The number of nitrogens with zero attached hydrogens (tertiary/aromatic N) is 3. The molecule has 3 N–H and O–H groups in total. The monoisotopic (exact) mass is 274 g/mol. The van der Waals surface area contributed by atoms with Gasteiger partial charge >= 0.3 is 0 Å². The lowest BCUT2D eigenvalue weighted by atomic mass is 10.2. The van der Waals surface area contributed by atoms with Crippen LogP contribution in [0.3, 0.4) is 0 Å². The van der Waals surface area contributed by atoms with Gasteiger partial charge < -0.3 is 15.5 Å². The van der Waals surface area contributed by atoms with E-state index < -0.39 is 0 Å². The summed E-state index contributed by atoms with van der Waals surface area (Å²) in [5.74, 6) is 0. The number of thioether (sulfide) groups is 1. The number of aromatic nitrogens is 3. The Balaban J connectivity index is 2.36. The fraction of sp³-hybridized carbons (Fsp3) is 0.818. The zero-order chi connectivity index (χ0) is 13.4. The summed E-state index contributed by atoms with van der Waals surface area (Å²) >= 11 is 1.65. The summed E-state index contributed by atoms with van der Waals surface area (Å²) in [4.78, 5) is 0. The van der Waals surface area contributed by atoms with Gasteiger partial charge in [0, 0.05) is 37.2 Å². The third kappa shape index (κ3) is 4.93. The van der Waals surface area contributed by atoms with Crippen LogP contribution in [0, 0.1) is 0 Å². The maximum absolute atomic E-state index is 9.18. The molecule has 18 heavy (non-hydrogen) atoms. The molecule has 7 heteroatoms. The van der Waals surface area contributed by atoms with Crippen LogP contribution in [-0.2, 0) is 13.1 Å². The van der Waals surface area contributed by atoms with E-state index in [1.54, 1.807) is 16.4 Å². The summed E-state index contributed by atoms with van der Waals surface area (Å²) in [5.41, 5.74) is 0.873. The van der Waals surface area contributed by atoms with E-state index in [2.05, 4.69) is 15.6 Å². The third-order valence-electron chi connectivity index (χ3n) is 2.78. The average molecular weight is 274 g/mol. The Bertz CT molecular complexity index is 331. The van der Waals surface area contributed by atoms with Crippen LogP contribution in [0.25, 0.3) is 0 Å². The van der Waals surface area contributed by atoms with Gasteiger partial charge in [-0.1, -0.05) is 5.21 Å². The molecule has 0 aliphatic rings. The zero-order valence-electron chi connectivity index (χ0n) is 10.9. The Morgan fingerprint density at radius 3 is 2.89 bits per heavy atom. The summed E-state index contributed by atoms with van der Waals surface area (Å²) < 4.78 is 1.73. The van der Waals surface area contributed by atoms with Gasteiger partial charge in [0.15, 0.2) is 0 Å². The molecule has 0 amide bonds. The molecular formula is C11H22N4O2S. The topological polar surface area (TPSA) is 83.2 Å². The Kier molecular flexibility index (Phi) is 7.26.